The number of halogens is 2. The Bertz CT molecular complexity index is 1150. The molecule has 0 unspecified atom stereocenters. The minimum atomic E-state index is -0.824. The van der Waals surface area contributed by atoms with Gasteiger partial charge in [0.1, 0.15) is 11.8 Å². The summed E-state index contributed by atoms with van der Waals surface area (Å²) in [6, 6.07) is 10.9. The Morgan fingerprint density at radius 2 is 1.95 bits per heavy atom. The number of hydrogen-bond donors (Lipinski definition) is 3. The minimum Gasteiger partial charge on any atom is -0.474 e. The molecule has 2 fully saturated rings. The van der Waals surface area contributed by atoms with Crippen molar-refractivity contribution in [1.82, 2.24) is 15.8 Å². The number of benzene rings is 2. The number of rotatable bonds is 7. The number of thiocarbonyl (C=S) groups is 1. The molecule has 0 saturated carbocycles. The number of carbonyl (C=O) groups excluding carboxylic acids is 2. The number of hydrogen-bond acceptors (Lipinski definition) is 8. The highest BCUT2D eigenvalue weighted by molar-refractivity contribution is 7.80. The normalized spacial score (nSPS) is 18.6. The topological polar surface area (TPSA) is 112 Å². The SMILES string of the molecule is COC(=S)NC[C@H]1CN(c2cc(F)c(N3CCNN(C(=O)[C@@H](N)Cc4ccccc4)CC3)c(F)c2)C(=O)O1. The van der Waals surface area contributed by atoms with E-state index in [2.05, 4.69) is 10.7 Å². The number of hydrazine groups is 1. The number of nitrogens with one attached hydrogen (secondary N) is 2. The quantitative estimate of drug-likeness (QED) is 0.444. The highest BCUT2D eigenvalue weighted by Crippen LogP contribution is 2.31. The van der Waals surface area contributed by atoms with Gasteiger partial charge in [0.2, 0.25) is 0 Å². The number of cyclic esters (lactones) is 1. The lowest BCUT2D eigenvalue weighted by atomic mass is 10.1. The summed E-state index contributed by atoms with van der Waals surface area (Å²) < 4.78 is 40.5. The van der Waals surface area contributed by atoms with Gasteiger partial charge in [-0.15, -0.1) is 0 Å². The standard InChI is InChI=1S/C25H30F2N6O4S/c1-36-24(38)29-14-18-15-32(25(35)37-18)17-12-19(26)22(20(27)13-17)31-8-7-30-33(10-9-31)23(34)21(28)11-16-5-3-2-4-6-16/h2-6,12-13,18,21,30H,7-11,14-15,28H2,1H3,(H,29,38)/t18-,21-/m0/s1. The second-order valence-electron chi connectivity index (χ2n) is 8.93. The van der Waals surface area contributed by atoms with E-state index in [4.69, 9.17) is 27.4 Å². The first-order valence-corrected chi connectivity index (χ1v) is 12.6. The van der Waals surface area contributed by atoms with Gasteiger partial charge in [-0.05, 0) is 24.2 Å². The number of methoxy groups -OCH3 is 1. The van der Waals surface area contributed by atoms with Crippen LogP contribution in [0.1, 0.15) is 5.56 Å². The highest BCUT2D eigenvalue weighted by atomic mass is 32.1. The molecule has 0 radical (unpaired) electrons. The first kappa shape index (κ1) is 27.5. The molecule has 2 amide bonds. The van der Waals surface area contributed by atoms with Crippen LogP contribution in [0.3, 0.4) is 0 Å². The second kappa shape index (κ2) is 12.3. The lowest BCUT2D eigenvalue weighted by molar-refractivity contribution is -0.135. The Hall–Kier alpha value is -3.55. The molecular formula is C25H30F2N6O4S. The summed E-state index contributed by atoms with van der Waals surface area (Å²) >= 11 is 4.90. The zero-order valence-electron chi connectivity index (χ0n) is 20.9. The van der Waals surface area contributed by atoms with E-state index in [0.717, 1.165) is 22.6 Å². The molecule has 0 spiro atoms. The lowest BCUT2D eigenvalue weighted by Crippen LogP contribution is -2.51. The monoisotopic (exact) mass is 548 g/mol. The van der Waals surface area contributed by atoms with Gasteiger partial charge in [0.15, 0.2) is 11.6 Å². The second-order valence-corrected chi connectivity index (χ2v) is 9.30. The highest BCUT2D eigenvalue weighted by Gasteiger charge is 2.34. The van der Waals surface area contributed by atoms with Crippen LogP contribution in [0.4, 0.5) is 25.0 Å². The summed E-state index contributed by atoms with van der Waals surface area (Å²) in [5.41, 5.74) is 9.90. The molecule has 2 saturated heterocycles. The fraction of sp³-hybridized carbons (Fsp3) is 0.400. The van der Waals surface area contributed by atoms with Crippen molar-refractivity contribution in [3.63, 3.8) is 0 Å². The maximum absolute atomic E-state index is 15.2. The van der Waals surface area contributed by atoms with Crippen molar-refractivity contribution in [2.75, 3.05) is 56.2 Å². The molecule has 2 aromatic rings. The van der Waals surface area contributed by atoms with Crippen molar-refractivity contribution in [3.05, 3.63) is 59.7 Å². The summed E-state index contributed by atoms with van der Waals surface area (Å²) in [5.74, 6) is -1.94. The first-order chi connectivity index (χ1) is 18.3. The average molecular weight is 549 g/mol. The lowest BCUT2D eigenvalue weighted by Gasteiger charge is -2.26. The molecule has 0 aromatic heterocycles. The maximum Gasteiger partial charge on any atom is 0.414 e. The zero-order valence-corrected chi connectivity index (χ0v) is 21.7. The molecule has 38 heavy (non-hydrogen) atoms. The van der Waals surface area contributed by atoms with E-state index < -0.39 is 29.9 Å². The van der Waals surface area contributed by atoms with Crippen LogP contribution in [0.25, 0.3) is 0 Å². The molecule has 204 valence electrons. The molecule has 4 N–H and O–H groups in total. The summed E-state index contributed by atoms with van der Waals surface area (Å²) in [4.78, 5) is 27.9. The Kier molecular flexibility index (Phi) is 8.92. The van der Waals surface area contributed by atoms with Gasteiger partial charge in [-0.2, -0.15) is 0 Å². The fourth-order valence-electron chi connectivity index (χ4n) is 4.42. The summed E-state index contributed by atoms with van der Waals surface area (Å²) in [6.45, 7) is 1.18. The Morgan fingerprint density at radius 3 is 2.63 bits per heavy atom. The summed E-state index contributed by atoms with van der Waals surface area (Å²) in [6.07, 6.45) is -0.914. The van der Waals surface area contributed by atoms with E-state index in [1.165, 1.54) is 17.0 Å². The number of amides is 2. The number of ether oxygens (including phenoxy) is 2. The van der Waals surface area contributed by atoms with Crippen LogP contribution in [-0.4, -0.2) is 80.7 Å². The van der Waals surface area contributed by atoms with Crippen LogP contribution in [0, 0.1) is 11.6 Å². The van der Waals surface area contributed by atoms with Crippen molar-refractivity contribution in [1.29, 1.82) is 0 Å². The fourth-order valence-corrected chi connectivity index (χ4v) is 4.50. The van der Waals surface area contributed by atoms with Crippen LogP contribution >= 0.6 is 12.2 Å². The Morgan fingerprint density at radius 1 is 1.24 bits per heavy atom. The molecule has 2 aliphatic rings. The molecular weight excluding hydrogens is 518 g/mol. The van der Waals surface area contributed by atoms with Crippen LogP contribution < -0.4 is 26.3 Å². The number of carbonyl (C=O) groups is 2. The van der Waals surface area contributed by atoms with Crippen molar-refractivity contribution in [2.45, 2.75) is 18.6 Å². The molecule has 0 aliphatic carbocycles. The average Bonchev–Trinajstić information content (AvgIpc) is 3.11. The van der Waals surface area contributed by atoms with E-state index in [1.54, 1.807) is 0 Å². The van der Waals surface area contributed by atoms with Crippen molar-refractivity contribution >= 4 is 40.8 Å². The van der Waals surface area contributed by atoms with E-state index in [1.807, 2.05) is 30.3 Å². The molecule has 2 atom stereocenters. The van der Waals surface area contributed by atoms with Crippen molar-refractivity contribution < 1.29 is 27.8 Å². The molecule has 2 heterocycles. The molecule has 4 rings (SSSR count). The van der Waals surface area contributed by atoms with Crippen molar-refractivity contribution in [3.8, 4) is 0 Å². The van der Waals surface area contributed by atoms with Crippen molar-refractivity contribution in [2.24, 2.45) is 5.73 Å². The van der Waals surface area contributed by atoms with Gasteiger partial charge in [-0.3, -0.25) is 14.7 Å². The Balaban J connectivity index is 1.39. The van der Waals surface area contributed by atoms with Gasteiger partial charge < -0.3 is 25.4 Å². The zero-order chi connectivity index (χ0) is 27.2. The van der Waals surface area contributed by atoms with Crippen LogP contribution in [-0.2, 0) is 20.7 Å². The molecule has 2 aliphatic heterocycles. The van der Waals surface area contributed by atoms with Crippen LogP contribution in [0.5, 0.6) is 0 Å². The van der Waals surface area contributed by atoms with E-state index in [0.29, 0.717) is 6.42 Å². The number of nitrogens with two attached hydrogens (primary N) is 1. The largest absolute Gasteiger partial charge is 0.474 e. The number of nitrogens with zero attached hydrogens (tertiary/aromatic N) is 3. The Labute approximate surface area is 224 Å². The van der Waals surface area contributed by atoms with E-state index >= 15 is 8.78 Å². The van der Waals surface area contributed by atoms with E-state index in [9.17, 15) is 9.59 Å². The third-order valence-electron chi connectivity index (χ3n) is 6.32. The van der Waals surface area contributed by atoms with Gasteiger partial charge in [0.05, 0.1) is 38.5 Å². The first-order valence-electron chi connectivity index (χ1n) is 12.1. The summed E-state index contributed by atoms with van der Waals surface area (Å²) in [7, 11) is 1.41. The smallest absolute Gasteiger partial charge is 0.414 e. The third kappa shape index (κ3) is 6.47. The van der Waals surface area contributed by atoms with Gasteiger partial charge in [-0.1, -0.05) is 30.3 Å². The predicted molar refractivity (Wildman–Crippen MR) is 142 cm³/mol. The minimum absolute atomic E-state index is 0.0437. The number of anilines is 2. The predicted octanol–water partition coefficient (Wildman–Crippen LogP) is 1.53. The van der Waals surface area contributed by atoms with Crippen LogP contribution in [0.15, 0.2) is 42.5 Å². The molecule has 2 aromatic carbocycles. The molecule has 13 heteroatoms. The molecule has 0 bridgehead atoms. The van der Waals surface area contributed by atoms with Gasteiger partial charge in [0.25, 0.3) is 11.1 Å². The maximum atomic E-state index is 15.2. The van der Waals surface area contributed by atoms with E-state index in [-0.39, 0.29) is 61.7 Å². The third-order valence-corrected chi connectivity index (χ3v) is 6.63. The van der Waals surface area contributed by atoms with Gasteiger partial charge >= 0.3 is 6.09 Å². The summed E-state index contributed by atoms with van der Waals surface area (Å²) in [5, 5.41) is 4.34. The molecule has 10 nitrogen and oxygen atoms in total. The van der Waals surface area contributed by atoms with Gasteiger partial charge in [0, 0.05) is 31.8 Å². The van der Waals surface area contributed by atoms with Gasteiger partial charge in [-0.25, -0.2) is 19.0 Å². The van der Waals surface area contributed by atoms with Crippen LogP contribution in [0.2, 0.25) is 0 Å².